The quantitative estimate of drug-likeness (QED) is 0.673. The number of hydrogen-bond donors (Lipinski definition) is 1. The fourth-order valence-electron chi connectivity index (χ4n) is 5.62. The lowest BCUT2D eigenvalue weighted by molar-refractivity contribution is -0.157. The Morgan fingerprint density at radius 1 is 1.13 bits per heavy atom. The van der Waals surface area contributed by atoms with Crippen molar-refractivity contribution >= 4 is 5.97 Å². The lowest BCUT2D eigenvalue weighted by atomic mass is 9.80. The van der Waals surface area contributed by atoms with Gasteiger partial charge in [0.05, 0.1) is 18.4 Å². The Morgan fingerprint density at radius 3 is 2.40 bits per heavy atom. The molecule has 0 amide bonds. The monoisotopic (exact) mass is 424 g/mol. The average molecular weight is 425 g/mol. The van der Waals surface area contributed by atoms with Gasteiger partial charge in [0, 0.05) is 19.6 Å². The maximum Gasteiger partial charge on any atom is 0.390 e. The number of nitrogens with zero attached hydrogens (tertiary/aromatic N) is 2. The van der Waals surface area contributed by atoms with Gasteiger partial charge in [-0.3, -0.25) is 14.6 Å². The van der Waals surface area contributed by atoms with E-state index >= 15 is 0 Å². The predicted molar refractivity (Wildman–Crippen MR) is 108 cm³/mol. The first-order chi connectivity index (χ1) is 14.2. The van der Waals surface area contributed by atoms with Crippen molar-refractivity contribution in [2.45, 2.75) is 56.2 Å². The van der Waals surface area contributed by atoms with Crippen LogP contribution in [0.4, 0.5) is 13.2 Å². The molecule has 3 aliphatic rings. The van der Waals surface area contributed by atoms with Crippen molar-refractivity contribution in [3.8, 4) is 0 Å². The second-order valence-corrected chi connectivity index (χ2v) is 9.55. The Balaban J connectivity index is 1.25. The van der Waals surface area contributed by atoms with Crippen LogP contribution in [-0.4, -0.2) is 65.3 Å². The number of alkyl halides is 3. The van der Waals surface area contributed by atoms with E-state index < -0.39 is 24.1 Å². The number of rotatable bonds is 8. The normalized spacial score (nSPS) is 27.6. The second-order valence-electron chi connectivity index (χ2n) is 9.55. The Hall–Kier alpha value is -1.60. The average Bonchev–Trinajstić information content (AvgIpc) is 3.43. The number of hydrogen-bond acceptors (Lipinski definition) is 3. The van der Waals surface area contributed by atoms with Crippen molar-refractivity contribution in [2.75, 3.05) is 32.7 Å². The number of piperidine rings is 1. The van der Waals surface area contributed by atoms with Gasteiger partial charge in [0.15, 0.2) is 0 Å². The van der Waals surface area contributed by atoms with Crippen molar-refractivity contribution in [1.29, 1.82) is 0 Å². The molecule has 1 unspecified atom stereocenters. The highest BCUT2D eigenvalue weighted by atomic mass is 19.4. The van der Waals surface area contributed by atoms with Gasteiger partial charge in [-0.15, -0.1) is 0 Å². The molecule has 2 atom stereocenters. The third-order valence-electron chi connectivity index (χ3n) is 7.30. The minimum atomic E-state index is -4.16. The van der Waals surface area contributed by atoms with E-state index in [1.54, 1.807) is 4.90 Å². The van der Waals surface area contributed by atoms with E-state index in [1.165, 1.54) is 18.4 Å². The van der Waals surface area contributed by atoms with Crippen LogP contribution in [0, 0.1) is 11.8 Å². The summed E-state index contributed by atoms with van der Waals surface area (Å²) in [6, 6.07) is 10.7. The maximum atomic E-state index is 12.5. The van der Waals surface area contributed by atoms with Gasteiger partial charge < -0.3 is 5.11 Å². The van der Waals surface area contributed by atoms with Crippen LogP contribution in [0.15, 0.2) is 30.3 Å². The number of carboxylic acids is 1. The molecule has 166 valence electrons. The minimum absolute atomic E-state index is 0.0128. The summed E-state index contributed by atoms with van der Waals surface area (Å²) in [6.07, 6.45) is -0.368. The number of carboxylic acid groups (broad SMARTS) is 1. The van der Waals surface area contributed by atoms with Gasteiger partial charge in [0.2, 0.25) is 0 Å². The zero-order valence-electron chi connectivity index (χ0n) is 17.3. The summed E-state index contributed by atoms with van der Waals surface area (Å²) < 4.78 is 37.5. The van der Waals surface area contributed by atoms with E-state index in [-0.39, 0.29) is 13.0 Å². The van der Waals surface area contributed by atoms with Gasteiger partial charge >= 0.3 is 12.1 Å². The highest BCUT2D eigenvalue weighted by Crippen LogP contribution is 2.52. The van der Waals surface area contributed by atoms with Crippen LogP contribution in [0.5, 0.6) is 0 Å². The van der Waals surface area contributed by atoms with Crippen LogP contribution in [-0.2, 0) is 4.79 Å². The van der Waals surface area contributed by atoms with Crippen molar-refractivity contribution in [3.05, 3.63) is 35.9 Å². The zero-order chi connectivity index (χ0) is 21.4. The Labute approximate surface area is 176 Å². The Morgan fingerprint density at radius 2 is 1.80 bits per heavy atom. The molecule has 4 nitrogen and oxygen atoms in total. The molecule has 3 fully saturated rings. The summed E-state index contributed by atoms with van der Waals surface area (Å²) >= 11 is 0. The maximum absolute atomic E-state index is 12.5. The lowest BCUT2D eigenvalue weighted by Crippen LogP contribution is -2.71. The number of aliphatic carboxylic acids is 1. The van der Waals surface area contributed by atoms with Gasteiger partial charge in [-0.05, 0) is 62.1 Å². The first-order valence-corrected chi connectivity index (χ1v) is 11.0. The van der Waals surface area contributed by atoms with E-state index in [2.05, 4.69) is 29.2 Å². The summed E-state index contributed by atoms with van der Waals surface area (Å²) in [5.41, 5.74) is 0.947. The number of benzene rings is 1. The molecule has 2 heterocycles. The van der Waals surface area contributed by atoms with Crippen LogP contribution in [0.25, 0.3) is 0 Å². The van der Waals surface area contributed by atoms with Gasteiger partial charge in [0.1, 0.15) is 0 Å². The molecule has 1 aliphatic carbocycles. The van der Waals surface area contributed by atoms with Crippen LogP contribution in [0.1, 0.15) is 50.0 Å². The van der Waals surface area contributed by atoms with Gasteiger partial charge in [0.25, 0.3) is 0 Å². The largest absolute Gasteiger partial charge is 0.481 e. The zero-order valence-corrected chi connectivity index (χ0v) is 17.3. The number of carbonyl (C=O) groups is 1. The van der Waals surface area contributed by atoms with Crippen LogP contribution >= 0.6 is 0 Å². The minimum Gasteiger partial charge on any atom is -0.481 e. The van der Waals surface area contributed by atoms with E-state index in [4.69, 9.17) is 0 Å². The fourth-order valence-corrected chi connectivity index (χ4v) is 5.62. The van der Waals surface area contributed by atoms with Gasteiger partial charge in [-0.2, -0.15) is 13.2 Å². The predicted octanol–water partition coefficient (Wildman–Crippen LogP) is 4.37. The van der Waals surface area contributed by atoms with Crippen molar-refractivity contribution in [1.82, 2.24) is 9.80 Å². The molecule has 1 N–H and O–H groups in total. The standard InChI is InChI=1S/C23H31F3N2O2/c24-23(25,26)8-11-27-15-22(16-27,14-21(29)30)28-9-6-17(7-10-28)12-19-13-20(19)18-4-2-1-3-5-18/h1-5,17,19-20H,6-16H2,(H,29,30)/t19-,20?/m1/s1. The molecule has 2 saturated heterocycles. The highest BCUT2D eigenvalue weighted by Gasteiger charge is 2.50. The third kappa shape index (κ3) is 5.17. The molecule has 2 aliphatic heterocycles. The summed E-state index contributed by atoms with van der Waals surface area (Å²) in [6.45, 7) is 2.53. The molecule has 0 radical (unpaired) electrons. The van der Waals surface area contributed by atoms with Gasteiger partial charge in [-0.1, -0.05) is 30.3 Å². The highest BCUT2D eigenvalue weighted by molar-refractivity contribution is 5.69. The number of likely N-dealkylation sites (tertiary alicyclic amines) is 2. The van der Waals surface area contributed by atoms with Crippen LogP contribution in [0.2, 0.25) is 0 Å². The summed E-state index contributed by atoms with van der Waals surface area (Å²) in [7, 11) is 0. The van der Waals surface area contributed by atoms with E-state index in [1.807, 2.05) is 6.07 Å². The third-order valence-corrected chi connectivity index (χ3v) is 7.30. The summed E-state index contributed by atoms with van der Waals surface area (Å²) in [4.78, 5) is 15.4. The summed E-state index contributed by atoms with van der Waals surface area (Å²) in [5.74, 6) is 1.26. The molecule has 1 aromatic rings. The molecule has 0 spiro atoms. The van der Waals surface area contributed by atoms with Crippen LogP contribution in [0.3, 0.4) is 0 Å². The topological polar surface area (TPSA) is 43.8 Å². The molecule has 0 aromatic heterocycles. The van der Waals surface area contributed by atoms with Crippen molar-refractivity contribution in [3.63, 3.8) is 0 Å². The molecule has 4 rings (SSSR count). The molecule has 30 heavy (non-hydrogen) atoms. The first-order valence-electron chi connectivity index (χ1n) is 11.0. The lowest BCUT2D eigenvalue weighted by Gasteiger charge is -2.57. The van der Waals surface area contributed by atoms with E-state index in [0.29, 0.717) is 24.9 Å². The Bertz CT molecular complexity index is 726. The molecule has 1 aromatic carbocycles. The van der Waals surface area contributed by atoms with Crippen molar-refractivity contribution < 1.29 is 23.1 Å². The summed E-state index contributed by atoms with van der Waals surface area (Å²) in [5, 5.41) is 9.38. The van der Waals surface area contributed by atoms with E-state index in [0.717, 1.165) is 31.8 Å². The molecular formula is C23H31F3N2O2. The number of halogens is 3. The molecule has 7 heteroatoms. The molecule has 1 saturated carbocycles. The molecular weight excluding hydrogens is 393 g/mol. The SMILES string of the molecule is O=C(O)CC1(N2CCC(C[C@@H]3CC3c3ccccc3)CC2)CN(CCC(F)(F)F)C1. The van der Waals surface area contributed by atoms with Crippen LogP contribution < -0.4 is 0 Å². The molecule has 0 bridgehead atoms. The van der Waals surface area contributed by atoms with E-state index in [9.17, 15) is 23.1 Å². The van der Waals surface area contributed by atoms with Crippen molar-refractivity contribution in [2.24, 2.45) is 11.8 Å². The second kappa shape index (κ2) is 8.50. The van der Waals surface area contributed by atoms with Gasteiger partial charge in [-0.25, -0.2) is 0 Å². The fraction of sp³-hybridized carbons (Fsp3) is 0.696. The Kier molecular flexibility index (Phi) is 6.13. The first kappa shape index (κ1) is 21.6. The smallest absolute Gasteiger partial charge is 0.390 e.